The molecule has 0 saturated carbocycles. The minimum absolute atomic E-state index is 0.930. The van der Waals surface area contributed by atoms with Crippen molar-refractivity contribution in [3.63, 3.8) is 0 Å². The first-order chi connectivity index (χ1) is 13.9. The van der Waals surface area contributed by atoms with Gasteiger partial charge in [-0.1, -0.05) is 12.1 Å². The van der Waals surface area contributed by atoms with Gasteiger partial charge in [-0.15, -0.1) is 0 Å². The van der Waals surface area contributed by atoms with Gasteiger partial charge in [-0.05, 0) is 54.6 Å². The van der Waals surface area contributed by atoms with Crippen molar-refractivity contribution in [2.75, 3.05) is 0 Å². The Kier molecular flexibility index (Phi) is 3.14. The molecule has 0 spiro atoms. The normalized spacial score (nSPS) is 11.6. The maximum atomic E-state index is 5.02. The standard InChI is InChI=1S/C24H14N4/c1-3-18-20(25-12-1)8-5-15-6-9-22(28-23(15)18)16-11-14-27-24-17(16)7-10-21-19(24)4-2-13-26-21/h1-14H. The van der Waals surface area contributed by atoms with Crippen LogP contribution in [-0.4, -0.2) is 19.9 Å². The Balaban J connectivity index is 1.68. The van der Waals surface area contributed by atoms with Crippen LogP contribution in [0.15, 0.2) is 85.3 Å². The topological polar surface area (TPSA) is 51.6 Å². The van der Waals surface area contributed by atoms with Crippen LogP contribution < -0.4 is 0 Å². The second-order valence-corrected chi connectivity index (χ2v) is 6.79. The molecular formula is C24H14N4. The molecule has 4 heteroatoms. The molecule has 6 rings (SSSR count). The molecule has 4 aromatic heterocycles. The highest BCUT2D eigenvalue weighted by molar-refractivity contribution is 6.09. The van der Waals surface area contributed by atoms with Crippen LogP contribution in [0.25, 0.3) is 54.9 Å². The number of fused-ring (bicyclic) bond motifs is 6. The summed E-state index contributed by atoms with van der Waals surface area (Å²) in [5.74, 6) is 0. The largest absolute Gasteiger partial charge is 0.256 e. The lowest BCUT2D eigenvalue weighted by Crippen LogP contribution is -1.91. The van der Waals surface area contributed by atoms with Crippen molar-refractivity contribution >= 4 is 43.6 Å². The molecule has 0 amide bonds. The Hall–Kier alpha value is -3.92. The predicted molar refractivity (Wildman–Crippen MR) is 113 cm³/mol. The van der Waals surface area contributed by atoms with Gasteiger partial charge in [0.2, 0.25) is 0 Å². The molecule has 0 aliphatic heterocycles. The van der Waals surface area contributed by atoms with Crippen LogP contribution in [0.2, 0.25) is 0 Å². The number of pyridine rings is 4. The third kappa shape index (κ3) is 2.18. The van der Waals surface area contributed by atoms with Crippen molar-refractivity contribution in [1.29, 1.82) is 0 Å². The van der Waals surface area contributed by atoms with Gasteiger partial charge < -0.3 is 0 Å². The maximum Gasteiger partial charge on any atom is 0.0803 e. The summed E-state index contributed by atoms with van der Waals surface area (Å²) in [7, 11) is 0. The van der Waals surface area contributed by atoms with Crippen LogP contribution in [0.4, 0.5) is 0 Å². The fraction of sp³-hybridized carbons (Fsp3) is 0. The Bertz CT molecular complexity index is 1520. The predicted octanol–water partition coefficient (Wildman–Crippen LogP) is 5.55. The molecule has 0 fully saturated rings. The monoisotopic (exact) mass is 358 g/mol. The summed E-state index contributed by atoms with van der Waals surface area (Å²) in [6.07, 6.45) is 5.47. The summed E-state index contributed by atoms with van der Waals surface area (Å²) < 4.78 is 0. The van der Waals surface area contributed by atoms with Crippen molar-refractivity contribution in [2.24, 2.45) is 0 Å². The molecule has 130 valence electrons. The number of benzene rings is 2. The molecule has 0 aliphatic rings. The number of hydrogen-bond acceptors (Lipinski definition) is 4. The van der Waals surface area contributed by atoms with Gasteiger partial charge in [-0.2, -0.15) is 0 Å². The van der Waals surface area contributed by atoms with E-state index in [0.29, 0.717) is 0 Å². The summed E-state index contributed by atoms with van der Waals surface area (Å²) in [5, 5.41) is 4.30. The molecule has 0 aliphatic carbocycles. The number of nitrogens with zero attached hydrogens (tertiary/aromatic N) is 4. The van der Waals surface area contributed by atoms with Gasteiger partial charge in [-0.3, -0.25) is 15.0 Å². The molecule has 0 bridgehead atoms. The van der Waals surface area contributed by atoms with Crippen molar-refractivity contribution in [2.45, 2.75) is 0 Å². The van der Waals surface area contributed by atoms with Gasteiger partial charge in [0.25, 0.3) is 0 Å². The third-order valence-corrected chi connectivity index (χ3v) is 5.21. The molecule has 0 unspecified atom stereocenters. The van der Waals surface area contributed by atoms with Crippen molar-refractivity contribution in [3.05, 3.63) is 85.3 Å². The van der Waals surface area contributed by atoms with Crippen molar-refractivity contribution in [1.82, 2.24) is 19.9 Å². The first-order valence-electron chi connectivity index (χ1n) is 9.16. The van der Waals surface area contributed by atoms with E-state index in [1.807, 2.05) is 48.9 Å². The number of aromatic nitrogens is 4. The van der Waals surface area contributed by atoms with Crippen molar-refractivity contribution < 1.29 is 0 Å². The molecule has 4 nitrogen and oxygen atoms in total. The van der Waals surface area contributed by atoms with Gasteiger partial charge in [0, 0.05) is 45.7 Å². The molecule has 0 atom stereocenters. The first kappa shape index (κ1) is 15.2. The zero-order chi connectivity index (χ0) is 18.5. The second kappa shape index (κ2) is 5.79. The van der Waals surface area contributed by atoms with Crippen LogP contribution in [0.5, 0.6) is 0 Å². The minimum atomic E-state index is 0.930. The zero-order valence-electron chi connectivity index (χ0n) is 14.9. The Morgan fingerprint density at radius 1 is 0.500 bits per heavy atom. The van der Waals surface area contributed by atoms with E-state index < -0.39 is 0 Å². The average Bonchev–Trinajstić information content (AvgIpc) is 2.78. The number of hydrogen-bond donors (Lipinski definition) is 0. The van der Waals surface area contributed by atoms with E-state index in [2.05, 4.69) is 51.4 Å². The zero-order valence-corrected chi connectivity index (χ0v) is 14.9. The van der Waals surface area contributed by atoms with Gasteiger partial charge >= 0.3 is 0 Å². The van der Waals surface area contributed by atoms with E-state index in [-0.39, 0.29) is 0 Å². The maximum absolute atomic E-state index is 5.02. The fourth-order valence-corrected chi connectivity index (χ4v) is 3.88. The van der Waals surface area contributed by atoms with Gasteiger partial charge in [0.1, 0.15) is 0 Å². The molecule has 6 aromatic rings. The van der Waals surface area contributed by atoms with Crippen LogP contribution in [0.1, 0.15) is 0 Å². The highest BCUT2D eigenvalue weighted by Gasteiger charge is 2.11. The molecule has 28 heavy (non-hydrogen) atoms. The minimum Gasteiger partial charge on any atom is -0.256 e. The van der Waals surface area contributed by atoms with E-state index >= 15 is 0 Å². The van der Waals surface area contributed by atoms with E-state index in [1.165, 1.54) is 0 Å². The van der Waals surface area contributed by atoms with Crippen molar-refractivity contribution in [3.8, 4) is 11.3 Å². The molecule has 0 radical (unpaired) electrons. The van der Waals surface area contributed by atoms with Crippen LogP contribution in [-0.2, 0) is 0 Å². The Morgan fingerprint density at radius 3 is 2.04 bits per heavy atom. The van der Waals surface area contributed by atoms with Crippen LogP contribution >= 0.6 is 0 Å². The van der Waals surface area contributed by atoms with Gasteiger partial charge in [0.05, 0.1) is 27.8 Å². The van der Waals surface area contributed by atoms with Crippen LogP contribution in [0, 0.1) is 0 Å². The van der Waals surface area contributed by atoms with E-state index in [4.69, 9.17) is 4.98 Å². The molecule has 4 heterocycles. The first-order valence-corrected chi connectivity index (χ1v) is 9.16. The summed E-state index contributed by atoms with van der Waals surface area (Å²) in [6.45, 7) is 0. The van der Waals surface area contributed by atoms with Gasteiger partial charge in [-0.25, -0.2) is 4.98 Å². The van der Waals surface area contributed by atoms with Gasteiger partial charge in [0.15, 0.2) is 0 Å². The lowest BCUT2D eigenvalue weighted by molar-refractivity contribution is 1.37. The smallest absolute Gasteiger partial charge is 0.0803 e. The summed E-state index contributed by atoms with van der Waals surface area (Å²) in [5.41, 5.74) is 5.82. The molecule has 0 saturated heterocycles. The lowest BCUT2D eigenvalue weighted by Gasteiger charge is -2.09. The molecule has 0 N–H and O–H groups in total. The summed E-state index contributed by atoms with van der Waals surface area (Å²) in [4.78, 5) is 18.6. The number of rotatable bonds is 1. The van der Waals surface area contributed by atoms with E-state index in [9.17, 15) is 0 Å². The SMILES string of the molecule is c1cnc2ccc3ccc(-c4ccnc5c4ccc4ncccc45)nc3c2c1. The Morgan fingerprint density at radius 2 is 1.21 bits per heavy atom. The average molecular weight is 358 g/mol. The molecule has 2 aromatic carbocycles. The van der Waals surface area contributed by atoms with E-state index in [0.717, 1.165) is 54.9 Å². The quantitative estimate of drug-likeness (QED) is 0.362. The Labute approximate surface area is 160 Å². The third-order valence-electron chi connectivity index (χ3n) is 5.21. The highest BCUT2D eigenvalue weighted by atomic mass is 14.7. The lowest BCUT2D eigenvalue weighted by atomic mass is 10.0. The highest BCUT2D eigenvalue weighted by Crippen LogP contribution is 2.32. The van der Waals surface area contributed by atoms with E-state index in [1.54, 1.807) is 0 Å². The summed E-state index contributed by atoms with van der Waals surface area (Å²) in [6, 6.07) is 22.5. The van der Waals surface area contributed by atoms with Crippen LogP contribution in [0.3, 0.4) is 0 Å². The second-order valence-electron chi connectivity index (χ2n) is 6.79. The molecular weight excluding hydrogens is 344 g/mol. The fourth-order valence-electron chi connectivity index (χ4n) is 3.88. The summed E-state index contributed by atoms with van der Waals surface area (Å²) >= 11 is 0.